The standard InChI is InChI=1S/C19H20ClFN2O4S2/c1-19(2,25)12-3-5-16(14(21)11-12)23-9-7-15(18(23)24)22-29(26,27)10-8-13-4-6-17(20)28-13/h3-6,8,10-11,15,22,25H,7,9H2,1-2H3. The summed E-state index contributed by atoms with van der Waals surface area (Å²) in [6, 6.07) is 6.49. The van der Waals surface area contributed by atoms with Gasteiger partial charge in [-0.1, -0.05) is 17.7 Å². The normalized spacial score (nSPS) is 18.2. The van der Waals surface area contributed by atoms with Gasteiger partial charge in [-0.05, 0) is 56.2 Å². The van der Waals surface area contributed by atoms with Crippen LogP contribution in [0.2, 0.25) is 4.34 Å². The maximum atomic E-state index is 14.5. The fraction of sp³-hybridized carbons (Fsp3) is 0.316. The zero-order chi connectivity index (χ0) is 21.4. The molecular weight excluding hydrogens is 439 g/mol. The summed E-state index contributed by atoms with van der Waals surface area (Å²) in [7, 11) is -3.87. The summed E-state index contributed by atoms with van der Waals surface area (Å²) >= 11 is 7.04. The van der Waals surface area contributed by atoms with E-state index in [1.807, 2.05) is 0 Å². The molecule has 3 rings (SSSR count). The molecule has 1 saturated heterocycles. The minimum Gasteiger partial charge on any atom is -0.386 e. The van der Waals surface area contributed by atoms with E-state index >= 15 is 0 Å². The number of hydrogen-bond acceptors (Lipinski definition) is 5. The number of benzene rings is 1. The molecular formula is C19H20ClFN2O4S2. The van der Waals surface area contributed by atoms with Crippen LogP contribution in [0, 0.1) is 5.82 Å². The van der Waals surface area contributed by atoms with Crippen LogP contribution in [-0.4, -0.2) is 32.0 Å². The first kappa shape index (κ1) is 21.9. The average Bonchev–Trinajstić information content (AvgIpc) is 3.19. The van der Waals surface area contributed by atoms with Gasteiger partial charge in [-0.25, -0.2) is 12.8 Å². The number of anilines is 1. The summed E-state index contributed by atoms with van der Waals surface area (Å²) in [5, 5.41) is 11.0. The number of carbonyl (C=O) groups is 1. The molecule has 1 amide bonds. The van der Waals surface area contributed by atoms with Crippen LogP contribution in [0.1, 0.15) is 30.7 Å². The Kier molecular flexibility index (Phi) is 6.16. The number of rotatable bonds is 6. The monoisotopic (exact) mass is 458 g/mol. The molecule has 1 aliphatic rings. The molecule has 1 aromatic carbocycles. The summed E-state index contributed by atoms with van der Waals surface area (Å²) in [5.41, 5.74) is -0.791. The van der Waals surface area contributed by atoms with Crippen LogP contribution in [0.4, 0.5) is 10.1 Å². The van der Waals surface area contributed by atoms with Crippen molar-refractivity contribution in [1.29, 1.82) is 0 Å². The van der Waals surface area contributed by atoms with Crippen molar-refractivity contribution in [2.24, 2.45) is 0 Å². The predicted molar refractivity (Wildman–Crippen MR) is 113 cm³/mol. The SMILES string of the molecule is CC(C)(O)c1ccc(N2CCC(NS(=O)(=O)C=Cc3ccc(Cl)s3)C2=O)c(F)c1. The zero-order valence-electron chi connectivity index (χ0n) is 15.7. The van der Waals surface area contributed by atoms with Crippen molar-refractivity contribution in [2.45, 2.75) is 31.9 Å². The molecule has 29 heavy (non-hydrogen) atoms. The molecule has 0 saturated carbocycles. The van der Waals surface area contributed by atoms with Gasteiger partial charge in [0.05, 0.1) is 15.6 Å². The van der Waals surface area contributed by atoms with E-state index in [9.17, 15) is 22.7 Å². The van der Waals surface area contributed by atoms with Crippen molar-refractivity contribution in [2.75, 3.05) is 11.4 Å². The lowest BCUT2D eigenvalue weighted by Gasteiger charge is -2.22. The van der Waals surface area contributed by atoms with E-state index in [0.717, 1.165) is 5.41 Å². The van der Waals surface area contributed by atoms with Crippen LogP contribution in [0.3, 0.4) is 0 Å². The molecule has 156 valence electrons. The maximum absolute atomic E-state index is 14.5. The van der Waals surface area contributed by atoms with E-state index in [1.165, 1.54) is 54.4 Å². The van der Waals surface area contributed by atoms with Gasteiger partial charge in [0.15, 0.2) is 0 Å². The Morgan fingerprint density at radius 1 is 1.34 bits per heavy atom. The van der Waals surface area contributed by atoms with Gasteiger partial charge in [0.2, 0.25) is 15.9 Å². The first-order chi connectivity index (χ1) is 13.5. The van der Waals surface area contributed by atoms with E-state index in [-0.39, 0.29) is 18.7 Å². The number of aliphatic hydroxyl groups is 1. The van der Waals surface area contributed by atoms with E-state index in [4.69, 9.17) is 11.6 Å². The highest BCUT2D eigenvalue weighted by molar-refractivity contribution is 7.92. The summed E-state index contributed by atoms with van der Waals surface area (Å²) in [6.45, 7) is 3.24. The molecule has 2 heterocycles. The number of carbonyl (C=O) groups excluding carboxylic acids is 1. The summed E-state index contributed by atoms with van der Waals surface area (Å²) in [6.07, 6.45) is 1.61. The highest BCUT2D eigenvalue weighted by atomic mass is 35.5. The third-order valence-corrected chi connectivity index (χ3v) is 6.77. The first-order valence-corrected chi connectivity index (χ1v) is 11.5. The lowest BCUT2D eigenvalue weighted by atomic mass is 9.98. The largest absolute Gasteiger partial charge is 0.386 e. The highest BCUT2D eigenvalue weighted by Crippen LogP contribution is 2.29. The molecule has 1 aliphatic heterocycles. The lowest BCUT2D eigenvalue weighted by molar-refractivity contribution is -0.118. The van der Waals surface area contributed by atoms with Crippen molar-refractivity contribution < 1.29 is 22.7 Å². The van der Waals surface area contributed by atoms with Crippen LogP contribution >= 0.6 is 22.9 Å². The van der Waals surface area contributed by atoms with Crippen LogP contribution in [-0.2, 0) is 20.4 Å². The minimum atomic E-state index is -3.87. The van der Waals surface area contributed by atoms with Crippen molar-refractivity contribution in [3.63, 3.8) is 0 Å². The van der Waals surface area contributed by atoms with Crippen molar-refractivity contribution >= 4 is 50.6 Å². The fourth-order valence-electron chi connectivity index (χ4n) is 2.95. The zero-order valence-corrected chi connectivity index (χ0v) is 18.1. The number of hydrogen-bond donors (Lipinski definition) is 2. The Morgan fingerprint density at radius 2 is 2.07 bits per heavy atom. The molecule has 1 unspecified atom stereocenters. The number of thiophene rings is 1. The van der Waals surface area contributed by atoms with E-state index in [1.54, 1.807) is 12.1 Å². The van der Waals surface area contributed by atoms with E-state index in [0.29, 0.717) is 14.8 Å². The van der Waals surface area contributed by atoms with Gasteiger partial charge in [-0.15, -0.1) is 11.3 Å². The van der Waals surface area contributed by atoms with E-state index in [2.05, 4.69) is 4.72 Å². The van der Waals surface area contributed by atoms with Crippen molar-refractivity contribution in [3.8, 4) is 0 Å². The molecule has 6 nitrogen and oxygen atoms in total. The Balaban J connectivity index is 1.72. The molecule has 0 bridgehead atoms. The Bertz CT molecular complexity index is 1060. The van der Waals surface area contributed by atoms with Crippen LogP contribution in [0.5, 0.6) is 0 Å². The van der Waals surface area contributed by atoms with Crippen LogP contribution in [0.25, 0.3) is 6.08 Å². The molecule has 0 aliphatic carbocycles. The Labute approximate surface area is 177 Å². The summed E-state index contributed by atoms with van der Waals surface area (Å²) in [5.74, 6) is -1.19. The third-order valence-electron chi connectivity index (χ3n) is 4.46. The molecule has 1 atom stereocenters. The van der Waals surface area contributed by atoms with Gasteiger partial charge in [-0.3, -0.25) is 4.79 Å². The molecule has 2 aromatic rings. The number of halogens is 2. The smallest absolute Gasteiger partial charge is 0.245 e. The number of nitrogens with zero attached hydrogens (tertiary/aromatic N) is 1. The minimum absolute atomic E-state index is 0.0495. The second-order valence-electron chi connectivity index (χ2n) is 7.16. The summed E-state index contributed by atoms with van der Waals surface area (Å²) < 4.78 is 42.0. The van der Waals surface area contributed by atoms with Crippen molar-refractivity contribution in [3.05, 3.63) is 56.3 Å². The van der Waals surface area contributed by atoms with E-state index < -0.39 is 33.4 Å². The van der Waals surface area contributed by atoms with Gasteiger partial charge >= 0.3 is 0 Å². The average molecular weight is 459 g/mol. The van der Waals surface area contributed by atoms with Gasteiger partial charge in [-0.2, -0.15) is 4.72 Å². The molecule has 1 aromatic heterocycles. The van der Waals surface area contributed by atoms with Crippen LogP contribution < -0.4 is 9.62 Å². The molecule has 1 fully saturated rings. The Morgan fingerprint density at radius 3 is 2.66 bits per heavy atom. The lowest BCUT2D eigenvalue weighted by Crippen LogP contribution is -2.40. The predicted octanol–water partition coefficient (Wildman–Crippen LogP) is 3.46. The Hall–Kier alpha value is -1.78. The quantitative estimate of drug-likeness (QED) is 0.694. The maximum Gasteiger partial charge on any atom is 0.245 e. The number of sulfonamides is 1. The van der Waals surface area contributed by atoms with Gasteiger partial charge < -0.3 is 10.0 Å². The first-order valence-electron chi connectivity index (χ1n) is 8.76. The number of nitrogens with one attached hydrogen (secondary N) is 1. The second kappa shape index (κ2) is 8.16. The molecule has 0 spiro atoms. The fourth-order valence-corrected chi connectivity index (χ4v) is 5.02. The topological polar surface area (TPSA) is 86.7 Å². The summed E-state index contributed by atoms with van der Waals surface area (Å²) in [4.78, 5) is 14.5. The van der Waals surface area contributed by atoms with Crippen molar-refractivity contribution in [1.82, 2.24) is 4.72 Å². The van der Waals surface area contributed by atoms with Crippen LogP contribution in [0.15, 0.2) is 35.7 Å². The second-order valence-corrected chi connectivity index (χ2v) is 10.5. The third kappa shape index (κ3) is 5.23. The van der Waals surface area contributed by atoms with Gasteiger partial charge in [0.1, 0.15) is 11.9 Å². The van der Waals surface area contributed by atoms with Gasteiger partial charge in [0.25, 0.3) is 0 Å². The van der Waals surface area contributed by atoms with Gasteiger partial charge in [0, 0.05) is 16.8 Å². The number of amides is 1. The molecule has 0 radical (unpaired) electrons. The highest BCUT2D eigenvalue weighted by Gasteiger charge is 2.36. The molecule has 10 heteroatoms. The molecule has 2 N–H and O–H groups in total.